The van der Waals surface area contributed by atoms with Gasteiger partial charge in [-0.2, -0.15) is 4.31 Å². The predicted octanol–water partition coefficient (Wildman–Crippen LogP) is 5.82. The summed E-state index contributed by atoms with van der Waals surface area (Å²) < 4.78 is 28.8. The molecule has 1 amide bonds. The molecular weight excluding hydrogens is 525 g/mol. The third kappa shape index (κ3) is 7.11. The van der Waals surface area contributed by atoms with Crippen LogP contribution >= 0.6 is 23.1 Å². The zero-order valence-electron chi connectivity index (χ0n) is 22.4. The Bertz CT molecular complexity index is 1270. The van der Waals surface area contributed by atoms with Crippen LogP contribution in [0.15, 0.2) is 52.3 Å². The molecule has 10 heteroatoms. The van der Waals surface area contributed by atoms with Crippen LogP contribution in [0.2, 0.25) is 0 Å². The minimum atomic E-state index is -3.60. The minimum Gasteiger partial charge on any atom is -0.302 e. The number of nitrogens with zero attached hydrogens (tertiary/aromatic N) is 4. The number of unbranched alkanes of at least 4 members (excludes halogenated alkanes) is 1. The van der Waals surface area contributed by atoms with E-state index in [1.165, 1.54) is 15.6 Å². The van der Waals surface area contributed by atoms with Crippen molar-refractivity contribution in [1.82, 2.24) is 14.2 Å². The quantitative estimate of drug-likeness (QED) is 0.231. The van der Waals surface area contributed by atoms with E-state index in [0.29, 0.717) is 30.3 Å². The number of anilines is 1. The Balaban J connectivity index is 1.92. The average Bonchev–Trinajstić information content (AvgIpc) is 3.34. The molecule has 0 unspecified atom stereocenters. The highest BCUT2D eigenvalue weighted by atomic mass is 32.2. The molecule has 0 saturated carbocycles. The van der Waals surface area contributed by atoms with Gasteiger partial charge in [-0.1, -0.05) is 45.5 Å². The molecule has 0 N–H and O–H groups in total. The molecule has 7 nitrogen and oxygen atoms in total. The number of hydrogen-bond acceptors (Lipinski definition) is 7. The Labute approximate surface area is 229 Å². The highest BCUT2D eigenvalue weighted by molar-refractivity contribution is 7.98. The third-order valence-corrected chi connectivity index (χ3v) is 10.2. The van der Waals surface area contributed by atoms with Gasteiger partial charge < -0.3 is 4.90 Å². The Morgan fingerprint density at radius 3 is 2.24 bits per heavy atom. The van der Waals surface area contributed by atoms with Gasteiger partial charge in [-0.3, -0.25) is 9.69 Å². The Hall–Kier alpha value is -1.98. The van der Waals surface area contributed by atoms with Crippen molar-refractivity contribution in [3.63, 3.8) is 0 Å². The molecule has 3 aromatic rings. The van der Waals surface area contributed by atoms with Crippen molar-refractivity contribution in [3.05, 3.63) is 48.0 Å². The van der Waals surface area contributed by atoms with Gasteiger partial charge >= 0.3 is 0 Å². The van der Waals surface area contributed by atoms with Gasteiger partial charge in [0, 0.05) is 36.6 Å². The zero-order chi connectivity index (χ0) is 27.0. The van der Waals surface area contributed by atoms with Gasteiger partial charge in [0.25, 0.3) is 5.91 Å². The van der Waals surface area contributed by atoms with E-state index in [9.17, 15) is 13.2 Å². The fraction of sp³-hybridized carbons (Fsp3) is 0.481. The summed E-state index contributed by atoms with van der Waals surface area (Å²) in [6.45, 7) is 12.0. The van der Waals surface area contributed by atoms with Gasteiger partial charge in [-0.25, -0.2) is 13.4 Å². The molecule has 0 saturated heterocycles. The molecule has 0 atom stereocenters. The molecule has 1 heterocycles. The van der Waals surface area contributed by atoms with Crippen molar-refractivity contribution in [3.8, 4) is 0 Å². The van der Waals surface area contributed by atoms with Gasteiger partial charge in [-0.15, -0.1) is 11.8 Å². The summed E-state index contributed by atoms with van der Waals surface area (Å²) in [5, 5.41) is 0.652. The van der Waals surface area contributed by atoms with Crippen LogP contribution in [0.3, 0.4) is 0 Å². The molecule has 202 valence electrons. The van der Waals surface area contributed by atoms with Crippen molar-refractivity contribution < 1.29 is 13.2 Å². The number of carbonyl (C=O) groups excluding carboxylic acids is 1. The van der Waals surface area contributed by atoms with E-state index >= 15 is 0 Å². The third-order valence-electron chi connectivity index (χ3n) is 6.45. The molecule has 0 aliphatic rings. The normalized spacial score (nSPS) is 12.1. The number of carbonyl (C=O) groups is 1. The van der Waals surface area contributed by atoms with Crippen molar-refractivity contribution in [1.29, 1.82) is 0 Å². The maximum Gasteiger partial charge on any atom is 0.260 e. The number of hydrogen-bond donors (Lipinski definition) is 0. The number of thiazole rings is 1. The van der Waals surface area contributed by atoms with Crippen LogP contribution in [0.4, 0.5) is 5.13 Å². The maximum atomic E-state index is 13.7. The standard InChI is InChI=1S/C27H38N4O3S3/c1-6-10-17-30(9-4)37(33,34)23-14-11-21(12-15-23)26(32)31(19-18-29(7-2)8-3)27-28-24-16-13-22(35-5)20-25(24)36-27/h11-16,20H,6-10,17-19H2,1-5H3. The molecule has 0 spiro atoms. The van der Waals surface area contributed by atoms with Crippen molar-refractivity contribution in [2.75, 3.05) is 50.4 Å². The van der Waals surface area contributed by atoms with Crippen LogP contribution in [0.1, 0.15) is 50.9 Å². The van der Waals surface area contributed by atoms with E-state index < -0.39 is 10.0 Å². The first-order chi connectivity index (χ1) is 17.8. The van der Waals surface area contributed by atoms with Crippen LogP contribution in [0.5, 0.6) is 0 Å². The Kier molecular flexibility index (Phi) is 11.0. The SMILES string of the molecule is CCCCN(CC)S(=O)(=O)c1ccc(C(=O)N(CCN(CC)CC)c2nc3ccc(SC)cc3s2)cc1. The second-order valence-electron chi connectivity index (χ2n) is 8.69. The molecule has 0 radical (unpaired) electrons. The maximum absolute atomic E-state index is 13.7. The van der Waals surface area contributed by atoms with Crippen molar-refractivity contribution >= 4 is 54.4 Å². The summed E-state index contributed by atoms with van der Waals surface area (Å²) in [4.78, 5) is 23.9. The summed E-state index contributed by atoms with van der Waals surface area (Å²) in [5.74, 6) is -0.182. The number of likely N-dealkylation sites (N-methyl/N-ethyl adjacent to an activating group) is 1. The van der Waals surface area contributed by atoms with Gasteiger partial charge in [0.15, 0.2) is 5.13 Å². The zero-order valence-corrected chi connectivity index (χ0v) is 24.9. The number of amides is 1. The van der Waals surface area contributed by atoms with E-state index in [0.717, 1.165) is 47.6 Å². The largest absolute Gasteiger partial charge is 0.302 e. The molecule has 2 aromatic carbocycles. The molecule has 3 rings (SSSR count). The topological polar surface area (TPSA) is 73.8 Å². The van der Waals surface area contributed by atoms with E-state index in [1.54, 1.807) is 40.9 Å². The van der Waals surface area contributed by atoms with Gasteiger partial charge in [0.2, 0.25) is 10.0 Å². The van der Waals surface area contributed by atoms with E-state index in [4.69, 9.17) is 4.98 Å². The summed E-state index contributed by atoms with van der Waals surface area (Å²) in [5.41, 5.74) is 1.31. The summed E-state index contributed by atoms with van der Waals surface area (Å²) in [6, 6.07) is 12.5. The smallest absolute Gasteiger partial charge is 0.260 e. The highest BCUT2D eigenvalue weighted by Crippen LogP contribution is 2.32. The number of aromatic nitrogens is 1. The monoisotopic (exact) mass is 562 g/mol. The lowest BCUT2D eigenvalue weighted by Crippen LogP contribution is -2.39. The highest BCUT2D eigenvalue weighted by Gasteiger charge is 2.25. The molecule has 37 heavy (non-hydrogen) atoms. The Morgan fingerprint density at radius 1 is 0.946 bits per heavy atom. The summed E-state index contributed by atoms with van der Waals surface area (Å²) >= 11 is 3.18. The second kappa shape index (κ2) is 13.7. The lowest BCUT2D eigenvalue weighted by atomic mass is 10.2. The molecule has 0 aliphatic carbocycles. The van der Waals surface area contributed by atoms with Crippen LogP contribution in [0, 0.1) is 0 Å². The Morgan fingerprint density at radius 2 is 1.65 bits per heavy atom. The number of sulfonamides is 1. The fourth-order valence-electron chi connectivity index (χ4n) is 4.06. The molecular formula is C27H38N4O3S3. The van der Waals surface area contributed by atoms with E-state index in [-0.39, 0.29) is 10.8 Å². The number of fused-ring (bicyclic) bond motifs is 1. The average molecular weight is 563 g/mol. The number of benzene rings is 2. The van der Waals surface area contributed by atoms with Crippen LogP contribution in [0.25, 0.3) is 10.2 Å². The van der Waals surface area contributed by atoms with Crippen molar-refractivity contribution in [2.24, 2.45) is 0 Å². The predicted molar refractivity (Wildman–Crippen MR) is 157 cm³/mol. The fourth-order valence-corrected chi connectivity index (χ4v) is 7.09. The first-order valence-corrected chi connectivity index (χ1v) is 16.4. The molecule has 0 bridgehead atoms. The van der Waals surface area contributed by atoms with E-state index in [1.807, 2.05) is 32.2 Å². The number of thioether (sulfide) groups is 1. The van der Waals surface area contributed by atoms with Gasteiger partial charge in [0.1, 0.15) is 0 Å². The second-order valence-corrected chi connectivity index (χ2v) is 12.5. The van der Waals surface area contributed by atoms with Crippen molar-refractivity contribution in [2.45, 2.75) is 50.3 Å². The minimum absolute atomic E-state index is 0.182. The van der Waals surface area contributed by atoms with Crippen LogP contribution in [-0.2, 0) is 10.0 Å². The summed E-state index contributed by atoms with van der Waals surface area (Å²) in [7, 11) is -3.60. The first kappa shape index (κ1) is 29.6. The lowest BCUT2D eigenvalue weighted by molar-refractivity contribution is 0.0983. The van der Waals surface area contributed by atoms with Gasteiger partial charge in [0.05, 0.1) is 15.1 Å². The van der Waals surface area contributed by atoms with E-state index in [2.05, 4.69) is 24.8 Å². The molecule has 0 aliphatic heterocycles. The molecule has 0 fully saturated rings. The number of rotatable bonds is 14. The lowest BCUT2D eigenvalue weighted by Gasteiger charge is -2.25. The molecule has 1 aromatic heterocycles. The van der Waals surface area contributed by atoms with Crippen LogP contribution in [-0.4, -0.2) is 74.0 Å². The van der Waals surface area contributed by atoms with Gasteiger partial charge in [-0.05, 0) is 68.2 Å². The van der Waals surface area contributed by atoms with Crippen LogP contribution < -0.4 is 4.90 Å². The summed E-state index contributed by atoms with van der Waals surface area (Å²) in [6.07, 6.45) is 3.77. The first-order valence-electron chi connectivity index (χ1n) is 12.9.